The van der Waals surface area contributed by atoms with Crippen LogP contribution in [0.5, 0.6) is 0 Å². The lowest BCUT2D eigenvalue weighted by atomic mass is 10.1. The number of ether oxygens (including phenoxy) is 1. The molecule has 41 nitrogen and oxygen atoms in total. The maximum atomic E-state index is 11.8. The van der Waals surface area contributed by atoms with Crippen molar-refractivity contribution in [1.29, 1.82) is 0 Å². The Hall–Kier alpha value is -2.93. The zero-order valence-electron chi connectivity index (χ0n) is 37.0. The van der Waals surface area contributed by atoms with Crippen molar-refractivity contribution in [2.75, 3.05) is 30.4 Å². The lowest BCUT2D eigenvalue weighted by Gasteiger charge is -2.28. The molecule has 4 aromatic rings. The Bertz CT molecular complexity index is 2950. The highest BCUT2D eigenvalue weighted by atomic mass is 31.3. The molecule has 0 radical (unpaired) electrons. The van der Waals surface area contributed by atoms with E-state index in [0.717, 1.165) is 12.5 Å². The molecular formula is C25H48N12O29P8. The third kappa shape index (κ3) is 19.8. The van der Waals surface area contributed by atoms with Crippen LogP contribution < -0.4 is 22.9 Å². The van der Waals surface area contributed by atoms with Gasteiger partial charge in [-0.15, -0.1) is 0 Å². The topological polar surface area (TPSA) is 717 Å². The molecule has 5 rings (SSSR count). The number of hydrogen-bond donors (Lipinski definition) is 21. The summed E-state index contributed by atoms with van der Waals surface area (Å²) in [5.74, 6) is 0.499. The number of phosphoric ester groups is 1. The minimum Gasteiger partial charge on any atom is -0.387 e. The Kier molecular flexibility index (Phi) is 22.9. The molecule has 0 saturated carbocycles. The van der Waals surface area contributed by atoms with Crippen molar-refractivity contribution in [2.24, 2.45) is 5.73 Å². The number of aromatic nitrogens is 8. The van der Waals surface area contributed by atoms with Gasteiger partial charge < -0.3 is 111 Å². The van der Waals surface area contributed by atoms with Gasteiger partial charge in [0.1, 0.15) is 53.4 Å². The van der Waals surface area contributed by atoms with E-state index >= 15 is 0 Å². The third-order valence-electron chi connectivity index (χ3n) is 8.51. The van der Waals surface area contributed by atoms with E-state index in [1.54, 1.807) is 6.92 Å². The third-order valence-corrected chi connectivity index (χ3v) is 20.6. The fraction of sp³-hybridized carbons (Fsp3) is 0.480. The molecule has 0 spiro atoms. The molecule has 0 bridgehead atoms. The van der Waals surface area contributed by atoms with Crippen LogP contribution in [0.1, 0.15) is 40.8 Å². The van der Waals surface area contributed by atoms with Crippen LogP contribution in [-0.4, -0.2) is 160 Å². The van der Waals surface area contributed by atoms with Crippen LogP contribution in [0.25, 0.3) is 11.2 Å². The minimum atomic E-state index is -5.70. The van der Waals surface area contributed by atoms with Gasteiger partial charge in [0.25, 0.3) is 5.08 Å². The molecule has 1 fully saturated rings. The second-order valence-corrected chi connectivity index (χ2v) is 28.2. The van der Waals surface area contributed by atoms with Crippen LogP contribution in [0.2, 0.25) is 0 Å². The van der Waals surface area contributed by atoms with Gasteiger partial charge in [-0.1, -0.05) is 0 Å². The minimum absolute atomic E-state index is 0.0426. The normalized spacial score (nSPS) is 19.5. The second-order valence-electron chi connectivity index (χ2n) is 14.4. The lowest BCUT2D eigenvalue weighted by Crippen LogP contribution is -2.33. The summed E-state index contributed by atoms with van der Waals surface area (Å²) in [7, 11) is -41.6. The summed E-state index contributed by atoms with van der Waals surface area (Å²) in [5.41, 5.74) is 21.5. The van der Waals surface area contributed by atoms with E-state index in [0.29, 0.717) is 5.82 Å². The highest BCUT2D eigenvalue weighted by Gasteiger charge is 2.58. The molecule has 1 saturated heterocycles. The van der Waals surface area contributed by atoms with Crippen molar-refractivity contribution in [3.05, 3.63) is 47.8 Å². The number of imidazole rings is 1. The highest BCUT2D eigenvalue weighted by molar-refractivity contribution is 7.72. The van der Waals surface area contributed by atoms with Gasteiger partial charge in [0.15, 0.2) is 23.1 Å². The number of hydrogen-bond acceptors (Lipinski definition) is 26. The fourth-order valence-electron chi connectivity index (χ4n) is 5.39. The van der Waals surface area contributed by atoms with Gasteiger partial charge >= 0.3 is 61.4 Å². The van der Waals surface area contributed by atoms with Gasteiger partial charge in [0.05, 0.1) is 19.1 Å². The second kappa shape index (κ2) is 25.2. The Labute approximate surface area is 412 Å². The molecule has 4 aromatic heterocycles. The number of nitrogen functional groups attached to an aromatic ring is 3. The number of phosphoric acid groups is 3. The van der Waals surface area contributed by atoms with Crippen LogP contribution in [-0.2, 0) is 60.6 Å². The van der Waals surface area contributed by atoms with Gasteiger partial charge in [0.2, 0.25) is 0 Å². The molecule has 74 heavy (non-hydrogen) atoms. The molecule has 0 amide bonds. The van der Waals surface area contributed by atoms with Gasteiger partial charge in [-0.2, -0.15) is 8.62 Å². The van der Waals surface area contributed by atoms with E-state index in [9.17, 15) is 51.6 Å². The molecule has 2 unspecified atom stereocenters. The molecular weight excluding hydrogens is 1180 g/mol. The van der Waals surface area contributed by atoms with Crippen LogP contribution in [0.4, 0.5) is 17.5 Å². The van der Waals surface area contributed by atoms with E-state index in [2.05, 4.69) is 48.0 Å². The fourth-order valence-corrected chi connectivity index (χ4v) is 14.0. The first-order valence-corrected chi connectivity index (χ1v) is 31.7. The summed E-state index contributed by atoms with van der Waals surface area (Å²) < 4.78 is 106. The number of rotatable bonds is 17. The molecule has 5 heterocycles. The highest BCUT2D eigenvalue weighted by Crippen LogP contribution is 2.71. The lowest BCUT2D eigenvalue weighted by molar-refractivity contribution is -0.0503. The molecule has 422 valence electrons. The van der Waals surface area contributed by atoms with E-state index in [1.165, 1.54) is 24.0 Å². The molecule has 25 N–H and O–H groups in total. The number of aryl methyl sites for hydroxylation is 2. The Morgan fingerprint density at radius 2 is 1.20 bits per heavy atom. The molecule has 1 aliphatic heterocycles. The Morgan fingerprint density at radius 3 is 1.64 bits per heavy atom. The van der Waals surface area contributed by atoms with Gasteiger partial charge in [-0.25, -0.2) is 48.6 Å². The first kappa shape index (κ1) is 67.2. The first-order chi connectivity index (χ1) is 33.2. The number of anilines is 3. The van der Waals surface area contributed by atoms with E-state index in [1.807, 2.05) is 0 Å². The van der Waals surface area contributed by atoms with Gasteiger partial charge in [-0.3, -0.25) is 31.9 Å². The molecule has 6 atom stereocenters. The van der Waals surface area contributed by atoms with Crippen molar-refractivity contribution in [1.82, 2.24) is 39.5 Å². The summed E-state index contributed by atoms with van der Waals surface area (Å²) >= 11 is 0. The zero-order chi connectivity index (χ0) is 57.6. The maximum Gasteiger partial charge on any atom is 0.490 e. The molecule has 49 heteroatoms. The monoisotopic (exact) mass is 1230 g/mol. The molecule has 0 aromatic carbocycles. The van der Waals surface area contributed by atoms with E-state index < -0.39 is 128 Å². The smallest absolute Gasteiger partial charge is 0.387 e. The SMILES string of the molecule is Cc1ncc(C(P(=O)(O)O)P(=O)(O)O)c(N)n1.Cc1ncc(CP(=O)(O)O)c(N)n1.NCCC(O)(P(=O)(O)O)P(=O)(O)O.Nc1ncnc2c1ncn2[C@@H]1O[C@H](COP(=O)(O)OP(=O)(O)OP(=O)(O)O)[C@@H](O)[C@H]1O. The Balaban J connectivity index is 0.000000369. The predicted molar refractivity (Wildman–Crippen MR) is 243 cm³/mol. The van der Waals surface area contributed by atoms with Crippen molar-refractivity contribution < 1.29 is 138 Å². The summed E-state index contributed by atoms with van der Waals surface area (Å²) in [6, 6.07) is 0. The van der Waals surface area contributed by atoms with Crippen LogP contribution in [0, 0.1) is 13.8 Å². The van der Waals surface area contributed by atoms with Crippen molar-refractivity contribution in [2.45, 2.75) is 61.5 Å². The molecule has 1 aliphatic rings. The predicted octanol–water partition coefficient (Wildman–Crippen LogP) is -3.53. The number of nitrogens with two attached hydrogens (primary N) is 4. The van der Waals surface area contributed by atoms with E-state index in [-0.39, 0.29) is 40.0 Å². The number of aliphatic hydroxyl groups is 3. The quantitative estimate of drug-likeness (QED) is 0.0456. The average Bonchev–Trinajstić information content (AvgIpc) is 3.73. The first-order valence-electron chi connectivity index (χ1n) is 18.8. The van der Waals surface area contributed by atoms with Crippen LogP contribution in [0.3, 0.4) is 0 Å². The number of aliphatic hydroxyl groups excluding tert-OH is 2. The average molecular weight is 1230 g/mol. The molecule has 0 aliphatic carbocycles. The number of nitrogens with zero attached hydrogens (tertiary/aromatic N) is 8. The summed E-state index contributed by atoms with van der Waals surface area (Å²) in [6.45, 7) is 1.72. The summed E-state index contributed by atoms with van der Waals surface area (Å²) in [4.78, 5) is 149. The summed E-state index contributed by atoms with van der Waals surface area (Å²) in [6.07, 6.45) is -2.75. The Morgan fingerprint density at radius 1 is 0.689 bits per heavy atom. The standard InChI is InChI=1S/C10H16N5O13P3.C6H11N3O6P2.C6H10N3O3P.C3H11NO7P2/c11-8-5-9(13-2-12-8)15(3-14-5)10-7(17)6(16)4(26-10)1-25-30(21,22)28-31(23,24)27-29(18,19)20;1-3-8-2-4(5(7)9-3)6(16(10,11)12)17(13,14)15;1-4-8-2-5(6(7)9-4)3-13(10,11)12;4-2-1-3(5,12(6,7)8)13(9,10)11/h2-4,6-7,10,16-17H,1H2,(H,21,22)(H,23,24)(H2,11,12,13)(H2,18,19,20);2,6H,1H3,(H2,7,8,9)(H2,10,11,12)(H2,13,14,15);2H,3H2,1H3,(H2,7,8,9)(H2,10,11,12);5H,1-2,4H2,(H2,6,7,8)(H2,9,10,11)/t4-,6-,7-,10-;;;/m1.../s1. The largest absolute Gasteiger partial charge is 0.490 e. The van der Waals surface area contributed by atoms with Crippen LogP contribution in [0.15, 0.2) is 25.0 Å². The van der Waals surface area contributed by atoms with Crippen molar-refractivity contribution in [3.63, 3.8) is 0 Å². The van der Waals surface area contributed by atoms with Gasteiger partial charge in [0, 0.05) is 29.9 Å². The van der Waals surface area contributed by atoms with Crippen molar-refractivity contribution in [3.8, 4) is 0 Å². The van der Waals surface area contributed by atoms with Crippen molar-refractivity contribution >= 4 is 90.1 Å². The zero-order valence-corrected chi connectivity index (χ0v) is 44.1. The number of fused-ring (bicyclic) bond motifs is 1. The van der Waals surface area contributed by atoms with Gasteiger partial charge in [-0.05, 0) is 20.4 Å². The van der Waals surface area contributed by atoms with E-state index in [4.69, 9.17) is 96.4 Å². The van der Waals surface area contributed by atoms with Crippen LogP contribution >= 0.6 is 61.4 Å². The summed E-state index contributed by atoms with van der Waals surface area (Å²) in [5, 5.41) is 23.8. The maximum absolute atomic E-state index is 11.8.